The molecule has 1 heterocycles. The lowest BCUT2D eigenvalue weighted by molar-refractivity contribution is 0.281. The van der Waals surface area contributed by atoms with Gasteiger partial charge >= 0.3 is 0 Å². The van der Waals surface area contributed by atoms with Gasteiger partial charge in [-0.2, -0.15) is 0 Å². The molecule has 0 spiro atoms. The Morgan fingerprint density at radius 1 is 1.38 bits per heavy atom. The molecule has 0 saturated carbocycles. The second-order valence-corrected chi connectivity index (χ2v) is 4.48. The van der Waals surface area contributed by atoms with E-state index in [1.165, 1.54) is 11.1 Å². The molecule has 0 aromatic heterocycles. The number of rotatable bonds is 3. The van der Waals surface area contributed by atoms with Crippen LogP contribution < -0.4 is 10.6 Å². The highest BCUT2D eigenvalue weighted by atomic mass is 16.3. The second kappa shape index (κ2) is 5.43. The van der Waals surface area contributed by atoms with Crippen molar-refractivity contribution in [1.82, 2.24) is 10.6 Å². The maximum Gasteiger partial charge on any atom is 0.0684 e. The first kappa shape index (κ1) is 11.6. The largest absolute Gasteiger partial charge is 0.392 e. The minimum atomic E-state index is 0.134. The molecule has 1 atom stereocenters. The quantitative estimate of drug-likeness (QED) is 0.698. The Morgan fingerprint density at radius 2 is 2.25 bits per heavy atom. The van der Waals surface area contributed by atoms with Crippen LogP contribution in [-0.4, -0.2) is 30.8 Å². The number of hydrogen-bond acceptors (Lipinski definition) is 3. The number of hydrogen-bond donors (Lipinski definition) is 3. The van der Waals surface area contributed by atoms with E-state index >= 15 is 0 Å². The highest BCUT2D eigenvalue weighted by molar-refractivity contribution is 5.31. The molecule has 3 nitrogen and oxygen atoms in total. The molecule has 1 saturated heterocycles. The Balaban J connectivity index is 2.01. The average molecular weight is 220 g/mol. The number of aryl methyl sites for hydroxylation is 1. The van der Waals surface area contributed by atoms with E-state index in [9.17, 15) is 0 Å². The Morgan fingerprint density at radius 3 is 2.88 bits per heavy atom. The van der Waals surface area contributed by atoms with Crippen molar-refractivity contribution in [2.75, 3.05) is 19.6 Å². The average Bonchev–Trinajstić information content (AvgIpc) is 2.31. The molecule has 0 amide bonds. The molecule has 0 radical (unpaired) electrons. The fourth-order valence-electron chi connectivity index (χ4n) is 2.20. The standard InChI is InChI=1S/C13H20N2O/c1-10-6-11(2-3-12(10)9-16)7-13-8-14-4-5-15-13/h2-3,6,13-16H,4-5,7-9H2,1H3. The monoisotopic (exact) mass is 220 g/mol. The van der Waals surface area contributed by atoms with E-state index in [-0.39, 0.29) is 6.61 Å². The predicted molar refractivity (Wildman–Crippen MR) is 65.5 cm³/mol. The van der Waals surface area contributed by atoms with Crippen molar-refractivity contribution < 1.29 is 5.11 Å². The van der Waals surface area contributed by atoms with E-state index < -0.39 is 0 Å². The van der Waals surface area contributed by atoms with Crippen molar-refractivity contribution in [1.29, 1.82) is 0 Å². The zero-order chi connectivity index (χ0) is 11.4. The van der Waals surface area contributed by atoms with E-state index in [0.717, 1.165) is 31.6 Å². The maximum atomic E-state index is 9.11. The minimum absolute atomic E-state index is 0.134. The van der Waals surface area contributed by atoms with Crippen molar-refractivity contribution >= 4 is 0 Å². The lowest BCUT2D eigenvalue weighted by atomic mass is 10.00. The van der Waals surface area contributed by atoms with Crippen LogP contribution in [0.2, 0.25) is 0 Å². The normalized spacial score (nSPS) is 21.0. The topological polar surface area (TPSA) is 44.3 Å². The van der Waals surface area contributed by atoms with Crippen LogP contribution in [0.1, 0.15) is 16.7 Å². The van der Waals surface area contributed by atoms with Gasteiger partial charge in [-0.25, -0.2) is 0 Å². The van der Waals surface area contributed by atoms with Gasteiger partial charge in [-0.1, -0.05) is 18.2 Å². The third-order valence-corrected chi connectivity index (χ3v) is 3.18. The van der Waals surface area contributed by atoms with E-state index in [0.29, 0.717) is 6.04 Å². The van der Waals surface area contributed by atoms with Gasteiger partial charge in [-0.05, 0) is 30.0 Å². The van der Waals surface area contributed by atoms with Crippen LogP contribution in [0.3, 0.4) is 0 Å². The molecule has 1 fully saturated rings. The van der Waals surface area contributed by atoms with E-state index in [1.807, 2.05) is 6.07 Å². The van der Waals surface area contributed by atoms with Gasteiger partial charge in [0.05, 0.1) is 6.61 Å². The van der Waals surface area contributed by atoms with Gasteiger partial charge in [0.25, 0.3) is 0 Å². The van der Waals surface area contributed by atoms with E-state index in [4.69, 9.17) is 5.11 Å². The Labute approximate surface area is 96.9 Å². The van der Waals surface area contributed by atoms with E-state index in [1.54, 1.807) is 0 Å². The van der Waals surface area contributed by atoms with Gasteiger partial charge in [0, 0.05) is 25.7 Å². The number of aliphatic hydroxyl groups is 1. The SMILES string of the molecule is Cc1cc(CC2CNCCN2)ccc1CO. The molecule has 0 aliphatic carbocycles. The van der Waals surface area contributed by atoms with Crippen molar-refractivity contribution in [2.45, 2.75) is 26.0 Å². The third-order valence-electron chi connectivity index (χ3n) is 3.18. The summed E-state index contributed by atoms with van der Waals surface area (Å²) in [5.41, 5.74) is 3.55. The van der Waals surface area contributed by atoms with Crippen molar-refractivity contribution in [3.8, 4) is 0 Å². The molecule has 1 aromatic carbocycles. The van der Waals surface area contributed by atoms with Gasteiger partial charge in [-0.15, -0.1) is 0 Å². The number of aliphatic hydroxyl groups excluding tert-OH is 1. The maximum absolute atomic E-state index is 9.11. The molecular formula is C13H20N2O. The summed E-state index contributed by atoms with van der Waals surface area (Å²) >= 11 is 0. The van der Waals surface area contributed by atoms with E-state index in [2.05, 4.69) is 29.7 Å². The Hall–Kier alpha value is -0.900. The predicted octanol–water partition coefficient (Wildman–Crippen LogP) is 0.591. The molecule has 3 heteroatoms. The summed E-state index contributed by atoms with van der Waals surface area (Å²) in [6.45, 7) is 5.36. The van der Waals surface area contributed by atoms with Gasteiger partial charge < -0.3 is 15.7 Å². The molecule has 1 aliphatic rings. The Bertz CT molecular complexity index is 346. The van der Waals surface area contributed by atoms with Crippen molar-refractivity contribution in [2.24, 2.45) is 0 Å². The third kappa shape index (κ3) is 2.82. The first-order valence-corrected chi connectivity index (χ1v) is 5.93. The van der Waals surface area contributed by atoms with Crippen LogP contribution in [0, 0.1) is 6.92 Å². The van der Waals surface area contributed by atoms with Crippen molar-refractivity contribution in [3.05, 3.63) is 34.9 Å². The lowest BCUT2D eigenvalue weighted by Crippen LogP contribution is -2.49. The number of benzene rings is 1. The lowest BCUT2D eigenvalue weighted by Gasteiger charge is -2.24. The molecule has 1 aromatic rings. The first-order chi connectivity index (χ1) is 7.79. The fraction of sp³-hybridized carbons (Fsp3) is 0.538. The van der Waals surface area contributed by atoms with Crippen LogP contribution in [-0.2, 0) is 13.0 Å². The van der Waals surface area contributed by atoms with Gasteiger partial charge in [0.15, 0.2) is 0 Å². The van der Waals surface area contributed by atoms with Crippen LogP contribution in [0.4, 0.5) is 0 Å². The molecule has 1 aliphatic heterocycles. The molecule has 16 heavy (non-hydrogen) atoms. The number of piperazine rings is 1. The summed E-state index contributed by atoms with van der Waals surface area (Å²) < 4.78 is 0. The van der Waals surface area contributed by atoms with Crippen LogP contribution in [0.25, 0.3) is 0 Å². The van der Waals surface area contributed by atoms with Crippen molar-refractivity contribution in [3.63, 3.8) is 0 Å². The molecule has 88 valence electrons. The molecule has 0 bridgehead atoms. The molecule has 2 rings (SSSR count). The minimum Gasteiger partial charge on any atom is -0.392 e. The van der Waals surface area contributed by atoms with Crippen LogP contribution in [0.15, 0.2) is 18.2 Å². The number of nitrogens with one attached hydrogen (secondary N) is 2. The molecule has 3 N–H and O–H groups in total. The second-order valence-electron chi connectivity index (χ2n) is 4.48. The zero-order valence-corrected chi connectivity index (χ0v) is 9.79. The molecule has 1 unspecified atom stereocenters. The fourth-order valence-corrected chi connectivity index (χ4v) is 2.20. The zero-order valence-electron chi connectivity index (χ0n) is 9.79. The molecular weight excluding hydrogens is 200 g/mol. The van der Waals surface area contributed by atoms with Gasteiger partial charge in [0.1, 0.15) is 0 Å². The summed E-state index contributed by atoms with van der Waals surface area (Å²) in [6, 6.07) is 6.87. The van der Waals surface area contributed by atoms with Crippen LogP contribution in [0.5, 0.6) is 0 Å². The van der Waals surface area contributed by atoms with Gasteiger partial charge in [0.2, 0.25) is 0 Å². The van der Waals surface area contributed by atoms with Crippen LogP contribution >= 0.6 is 0 Å². The summed E-state index contributed by atoms with van der Waals surface area (Å²) in [6.07, 6.45) is 1.06. The highest BCUT2D eigenvalue weighted by Gasteiger charge is 2.12. The smallest absolute Gasteiger partial charge is 0.0684 e. The first-order valence-electron chi connectivity index (χ1n) is 5.93. The summed E-state index contributed by atoms with van der Waals surface area (Å²) in [5.74, 6) is 0. The Kier molecular flexibility index (Phi) is 3.93. The van der Waals surface area contributed by atoms with Gasteiger partial charge in [-0.3, -0.25) is 0 Å². The summed E-state index contributed by atoms with van der Waals surface area (Å²) in [7, 11) is 0. The summed E-state index contributed by atoms with van der Waals surface area (Å²) in [4.78, 5) is 0. The highest BCUT2D eigenvalue weighted by Crippen LogP contribution is 2.13. The summed E-state index contributed by atoms with van der Waals surface area (Å²) in [5, 5.41) is 16.0.